The van der Waals surface area contributed by atoms with Gasteiger partial charge >= 0.3 is 12.1 Å². The molecule has 0 bridgehead atoms. The highest BCUT2D eigenvalue weighted by atomic mass is 19.4. The Hall–Kier alpha value is -3.36. The summed E-state index contributed by atoms with van der Waals surface area (Å²) in [5.41, 5.74) is -0.0523. The molecule has 6 nitrogen and oxygen atoms in total. The van der Waals surface area contributed by atoms with Gasteiger partial charge in [0.1, 0.15) is 12.1 Å². The lowest BCUT2D eigenvalue weighted by atomic mass is 10.0. The number of carbonyl (C=O) groups is 3. The Morgan fingerprint density at radius 2 is 1.50 bits per heavy atom. The zero-order valence-corrected chi connectivity index (χ0v) is 16.1. The van der Waals surface area contributed by atoms with E-state index in [4.69, 9.17) is 0 Å². The summed E-state index contributed by atoms with van der Waals surface area (Å²) in [6, 6.07) is 10.5. The Bertz CT molecular complexity index is 901. The molecule has 2 aromatic rings. The minimum atomic E-state index is -4.57. The van der Waals surface area contributed by atoms with E-state index in [0.717, 1.165) is 17.7 Å². The van der Waals surface area contributed by atoms with Crippen LogP contribution in [-0.4, -0.2) is 35.0 Å². The van der Waals surface area contributed by atoms with Crippen LogP contribution in [0.3, 0.4) is 0 Å². The van der Waals surface area contributed by atoms with Crippen molar-refractivity contribution in [3.05, 3.63) is 71.3 Å². The second-order valence-corrected chi connectivity index (χ2v) is 6.74. The first-order chi connectivity index (χ1) is 14.1. The molecule has 3 N–H and O–H groups in total. The third kappa shape index (κ3) is 6.91. The van der Waals surface area contributed by atoms with Crippen molar-refractivity contribution >= 4 is 17.8 Å². The minimum Gasteiger partial charge on any atom is -0.480 e. The standard InChI is InChI=1S/C21H21F3N2O4/c1-13(27)25-17(11-14-6-3-2-4-7-14)19(28)26-18(20(29)30)12-15-8-5-9-16(10-15)21(22,23)24/h2-10,17-18H,11-12H2,1H3,(H,25,27)(H,26,28)(H,29,30)/t17-,18-/m0/s1. The first-order valence-corrected chi connectivity index (χ1v) is 9.06. The number of alkyl halides is 3. The number of nitrogens with one attached hydrogen (secondary N) is 2. The summed E-state index contributed by atoms with van der Waals surface area (Å²) >= 11 is 0. The van der Waals surface area contributed by atoms with Crippen molar-refractivity contribution in [1.29, 1.82) is 0 Å². The van der Waals surface area contributed by atoms with E-state index in [2.05, 4.69) is 10.6 Å². The fourth-order valence-corrected chi connectivity index (χ4v) is 2.89. The molecule has 0 radical (unpaired) electrons. The topological polar surface area (TPSA) is 95.5 Å². The summed E-state index contributed by atoms with van der Waals surface area (Å²) in [6.07, 6.45) is -4.78. The van der Waals surface area contributed by atoms with Gasteiger partial charge in [0.25, 0.3) is 0 Å². The first kappa shape index (κ1) is 22.9. The number of halogens is 3. The second-order valence-electron chi connectivity index (χ2n) is 6.74. The van der Waals surface area contributed by atoms with Crippen molar-refractivity contribution in [3.63, 3.8) is 0 Å². The molecule has 0 aliphatic heterocycles. The fraction of sp³-hybridized carbons (Fsp3) is 0.286. The van der Waals surface area contributed by atoms with Crippen LogP contribution in [-0.2, 0) is 33.4 Å². The molecule has 0 saturated heterocycles. The molecule has 160 valence electrons. The zero-order valence-electron chi connectivity index (χ0n) is 16.1. The van der Waals surface area contributed by atoms with E-state index in [-0.39, 0.29) is 18.4 Å². The van der Waals surface area contributed by atoms with Crippen LogP contribution in [0.25, 0.3) is 0 Å². The van der Waals surface area contributed by atoms with Crippen LogP contribution in [0.4, 0.5) is 13.2 Å². The number of hydrogen-bond donors (Lipinski definition) is 3. The largest absolute Gasteiger partial charge is 0.480 e. The molecule has 0 aliphatic carbocycles. The lowest BCUT2D eigenvalue weighted by molar-refractivity contribution is -0.142. The smallest absolute Gasteiger partial charge is 0.416 e. The third-order valence-electron chi connectivity index (χ3n) is 4.29. The number of carbonyl (C=O) groups excluding carboxylic acids is 2. The molecule has 9 heteroatoms. The highest BCUT2D eigenvalue weighted by Crippen LogP contribution is 2.29. The van der Waals surface area contributed by atoms with Gasteiger partial charge in [-0.15, -0.1) is 0 Å². The molecule has 2 aromatic carbocycles. The van der Waals surface area contributed by atoms with Gasteiger partial charge in [-0.2, -0.15) is 13.2 Å². The van der Waals surface area contributed by atoms with Gasteiger partial charge < -0.3 is 15.7 Å². The van der Waals surface area contributed by atoms with Gasteiger partial charge in [-0.05, 0) is 17.2 Å². The molecule has 30 heavy (non-hydrogen) atoms. The number of aliphatic carboxylic acids is 1. The molecule has 0 fully saturated rings. The fourth-order valence-electron chi connectivity index (χ4n) is 2.89. The van der Waals surface area contributed by atoms with E-state index in [1.54, 1.807) is 30.3 Å². The Morgan fingerprint density at radius 3 is 2.07 bits per heavy atom. The second kappa shape index (κ2) is 9.91. The van der Waals surface area contributed by atoms with E-state index in [1.807, 2.05) is 0 Å². The molecular weight excluding hydrogens is 401 g/mol. The van der Waals surface area contributed by atoms with Crippen LogP contribution in [0.15, 0.2) is 54.6 Å². The molecule has 2 rings (SSSR count). The molecule has 0 unspecified atom stereocenters. The summed E-state index contributed by atoms with van der Waals surface area (Å²) in [7, 11) is 0. The Balaban J connectivity index is 2.16. The van der Waals surface area contributed by atoms with Crippen molar-refractivity contribution in [2.45, 2.75) is 38.0 Å². The maximum absolute atomic E-state index is 12.9. The van der Waals surface area contributed by atoms with Gasteiger partial charge in [0, 0.05) is 19.8 Å². The van der Waals surface area contributed by atoms with Crippen LogP contribution in [0.1, 0.15) is 23.6 Å². The molecule has 0 heterocycles. The average Bonchev–Trinajstić information content (AvgIpc) is 2.67. The molecule has 0 spiro atoms. The normalized spacial score (nSPS) is 13.2. The monoisotopic (exact) mass is 422 g/mol. The molecule has 0 aromatic heterocycles. The SMILES string of the molecule is CC(=O)N[C@@H](Cc1ccccc1)C(=O)N[C@@H](Cc1cccc(C(F)(F)F)c1)C(=O)O. The lowest BCUT2D eigenvalue weighted by Gasteiger charge is -2.21. The number of benzene rings is 2. The number of hydrogen-bond acceptors (Lipinski definition) is 3. The van der Waals surface area contributed by atoms with E-state index in [1.165, 1.54) is 19.1 Å². The summed E-state index contributed by atoms with van der Waals surface area (Å²) in [4.78, 5) is 35.7. The van der Waals surface area contributed by atoms with Crippen LogP contribution < -0.4 is 10.6 Å². The Kier molecular flexibility index (Phi) is 7.57. The predicted molar refractivity (Wildman–Crippen MR) is 102 cm³/mol. The maximum atomic E-state index is 12.9. The van der Waals surface area contributed by atoms with E-state index in [0.29, 0.717) is 0 Å². The highest BCUT2D eigenvalue weighted by molar-refractivity contribution is 5.90. The van der Waals surface area contributed by atoms with Crippen molar-refractivity contribution in [3.8, 4) is 0 Å². The number of amides is 2. The van der Waals surface area contributed by atoms with Crippen molar-refractivity contribution in [1.82, 2.24) is 10.6 Å². The van der Waals surface area contributed by atoms with E-state index < -0.39 is 41.6 Å². The third-order valence-corrected chi connectivity index (χ3v) is 4.29. The van der Waals surface area contributed by atoms with Gasteiger partial charge in [0.2, 0.25) is 11.8 Å². The van der Waals surface area contributed by atoms with E-state index >= 15 is 0 Å². The lowest BCUT2D eigenvalue weighted by Crippen LogP contribution is -2.52. The van der Waals surface area contributed by atoms with Crippen molar-refractivity contribution in [2.75, 3.05) is 0 Å². The summed E-state index contributed by atoms with van der Waals surface area (Å²) in [5, 5.41) is 14.2. The van der Waals surface area contributed by atoms with Crippen LogP contribution in [0.2, 0.25) is 0 Å². The average molecular weight is 422 g/mol. The van der Waals surface area contributed by atoms with Gasteiger partial charge in [-0.1, -0.05) is 48.5 Å². The zero-order chi connectivity index (χ0) is 22.3. The van der Waals surface area contributed by atoms with Crippen molar-refractivity contribution in [2.24, 2.45) is 0 Å². The first-order valence-electron chi connectivity index (χ1n) is 9.06. The number of carboxylic acid groups (broad SMARTS) is 1. The Labute approximate surface area is 171 Å². The molecular formula is C21H21F3N2O4. The quantitative estimate of drug-likeness (QED) is 0.609. The summed E-state index contributed by atoms with van der Waals surface area (Å²) < 4.78 is 38.6. The van der Waals surface area contributed by atoms with Crippen LogP contribution >= 0.6 is 0 Å². The van der Waals surface area contributed by atoms with E-state index in [9.17, 15) is 32.7 Å². The van der Waals surface area contributed by atoms with Gasteiger partial charge in [-0.25, -0.2) is 4.79 Å². The van der Waals surface area contributed by atoms with Gasteiger partial charge in [-0.3, -0.25) is 9.59 Å². The van der Waals surface area contributed by atoms with Crippen LogP contribution in [0, 0.1) is 0 Å². The Morgan fingerprint density at radius 1 is 0.900 bits per heavy atom. The van der Waals surface area contributed by atoms with Crippen LogP contribution in [0.5, 0.6) is 0 Å². The number of rotatable bonds is 8. The molecule has 2 amide bonds. The minimum absolute atomic E-state index is 0.108. The summed E-state index contributed by atoms with van der Waals surface area (Å²) in [5.74, 6) is -2.62. The predicted octanol–water partition coefficient (Wildman–Crippen LogP) is 2.56. The number of carboxylic acids is 1. The van der Waals surface area contributed by atoms with Gasteiger partial charge in [0.15, 0.2) is 0 Å². The maximum Gasteiger partial charge on any atom is 0.416 e. The molecule has 2 atom stereocenters. The molecule has 0 aliphatic rings. The highest BCUT2D eigenvalue weighted by Gasteiger charge is 2.31. The summed E-state index contributed by atoms with van der Waals surface area (Å²) in [6.45, 7) is 1.22. The van der Waals surface area contributed by atoms with Gasteiger partial charge in [0.05, 0.1) is 5.56 Å². The van der Waals surface area contributed by atoms with Crippen molar-refractivity contribution < 1.29 is 32.7 Å². The molecule has 0 saturated carbocycles.